The molecule has 0 saturated carbocycles. The molecule has 0 heterocycles. The first kappa shape index (κ1) is 9.68. The van der Waals surface area contributed by atoms with Gasteiger partial charge in [-0.05, 0) is 12.8 Å². The molecule has 0 aromatic heterocycles. The Hall–Kier alpha value is -1.32. The zero-order valence-electron chi connectivity index (χ0n) is 6.17. The smallest absolute Gasteiger partial charge is 0.303 e. The molecule has 11 heavy (non-hydrogen) atoms. The molecule has 0 aromatic rings. The van der Waals surface area contributed by atoms with Crippen molar-refractivity contribution in [2.24, 2.45) is 5.73 Å². The van der Waals surface area contributed by atoms with Crippen LogP contribution in [0.5, 0.6) is 0 Å². The third-order valence-corrected chi connectivity index (χ3v) is 1.22. The average Bonchev–Trinajstić information content (AvgIpc) is 1.86. The molecule has 0 saturated heterocycles. The van der Waals surface area contributed by atoms with Gasteiger partial charge < -0.3 is 10.8 Å². The van der Waals surface area contributed by atoms with E-state index in [4.69, 9.17) is 10.8 Å². The molecule has 0 aliphatic heterocycles. The van der Waals surface area contributed by atoms with Crippen LogP contribution in [0.2, 0.25) is 0 Å². The normalized spacial score (nSPS) is 9.09. The molecule has 1 amide bonds. The van der Waals surface area contributed by atoms with Crippen LogP contribution in [0, 0.1) is 0 Å². The van der Waals surface area contributed by atoms with Crippen molar-refractivity contribution in [2.45, 2.75) is 19.3 Å². The van der Waals surface area contributed by atoms with E-state index >= 15 is 0 Å². The molecule has 4 heteroatoms. The third-order valence-electron chi connectivity index (χ3n) is 1.22. The van der Waals surface area contributed by atoms with Crippen LogP contribution in [-0.2, 0) is 9.59 Å². The van der Waals surface area contributed by atoms with Crippen LogP contribution < -0.4 is 5.73 Å². The molecule has 4 nitrogen and oxygen atoms in total. The molecule has 0 aromatic carbocycles. The SMILES string of the molecule is C=C(CCCC(=O)O)C(N)=O. The number of primary amides is 1. The van der Waals surface area contributed by atoms with Gasteiger partial charge in [0.25, 0.3) is 0 Å². The van der Waals surface area contributed by atoms with E-state index in [-0.39, 0.29) is 12.0 Å². The second kappa shape index (κ2) is 4.49. The Morgan fingerprint density at radius 1 is 1.36 bits per heavy atom. The fourth-order valence-electron chi connectivity index (χ4n) is 0.576. The van der Waals surface area contributed by atoms with Crippen molar-refractivity contribution >= 4 is 11.9 Å². The van der Waals surface area contributed by atoms with Gasteiger partial charge >= 0.3 is 5.97 Å². The number of carbonyl (C=O) groups excluding carboxylic acids is 1. The Balaban J connectivity index is 3.47. The summed E-state index contributed by atoms with van der Waals surface area (Å²) < 4.78 is 0. The van der Waals surface area contributed by atoms with Crippen LogP contribution in [0.1, 0.15) is 19.3 Å². The van der Waals surface area contributed by atoms with Crippen molar-refractivity contribution in [3.05, 3.63) is 12.2 Å². The minimum absolute atomic E-state index is 0.0479. The highest BCUT2D eigenvalue weighted by Crippen LogP contribution is 2.03. The lowest BCUT2D eigenvalue weighted by atomic mass is 10.1. The molecule has 62 valence electrons. The molecule has 0 radical (unpaired) electrons. The zero-order chi connectivity index (χ0) is 8.85. The molecule has 0 fully saturated rings. The summed E-state index contributed by atoms with van der Waals surface area (Å²) in [5.41, 5.74) is 5.15. The Kier molecular flexibility index (Phi) is 3.95. The molecule has 0 spiro atoms. The van der Waals surface area contributed by atoms with Crippen LogP contribution in [0.3, 0.4) is 0 Å². The Morgan fingerprint density at radius 3 is 2.27 bits per heavy atom. The fourth-order valence-corrected chi connectivity index (χ4v) is 0.576. The maximum Gasteiger partial charge on any atom is 0.303 e. The number of carboxylic acids is 1. The van der Waals surface area contributed by atoms with Gasteiger partial charge in [-0.2, -0.15) is 0 Å². The van der Waals surface area contributed by atoms with Crippen LogP contribution in [0.25, 0.3) is 0 Å². The highest BCUT2D eigenvalue weighted by Gasteiger charge is 2.02. The number of carboxylic acid groups (broad SMARTS) is 1. The van der Waals surface area contributed by atoms with Gasteiger partial charge in [-0.25, -0.2) is 0 Å². The lowest BCUT2D eigenvalue weighted by Gasteiger charge is -1.97. The average molecular weight is 157 g/mol. The molecule has 0 aliphatic carbocycles. The van der Waals surface area contributed by atoms with E-state index in [9.17, 15) is 9.59 Å². The van der Waals surface area contributed by atoms with E-state index in [2.05, 4.69) is 6.58 Å². The van der Waals surface area contributed by atoms with E-state index in [0.717, 1.165) is 0 Å². The van der Waals surface area contributed by atoms with E-state index in [1.165, 1.54) is 0 Å². The number of hydrogen-bond acceptors (Lipinski definition) is 2. The van der Waals surface area contributed by atoms with Crippen molar-refractivity contribution in [3.63, 3.8) is 0 Å². The monoisotopic (exact) mass is 157 g/mol. The standard InChI is InChI=1S/C7H11NO3/c1-5(7(8)11)3-2-4-6(9)10/h1-4H2,(H2,8,11)(H,9,10). The summed E-state index contributed by atoms with van der Waals surface area (Å²) in [6, 6.07) is 0. The second-order valence-corrected chi connectivity index (χ2v) is 2.22. The fraction of sp³-hybridized carbons (Fsp3) is 0.429. The largest absolute Gasteiger partial charge is 0.481 e. The van der Waals surface area contributed by atoms with Gasteiger partial charge in [0.1, 0.15) is 0 Å². The third kappa shape index (κ3) is 5.14. The number of hydrogen-bond donors (Lipinski definition) is 2. The lowest BCUT2D eigenvalue weighted by molar-refractivity contribution is -0.137. The van der Waals surface area contributed by atoms with Gasteiger partial charge in [-0.1, -0.05) is 6.58 Å². The first-order chi connectivity index (χ1) is 5.04. The number of amides is 1. The first-order valence-electron chi connectivity index (χ1n) is 3.23. The van der Waals surface area contributed by atoms with E-state index in [1.54, 1.807) is 0 Å². The summed E-state index contributed by atoms with van der Waals surface area (Å²) in [4.78, 5) is 20.4. The molecule has 0 aliphatic rings. The summed E-state index contributed by atoms with van der Waals surface area (Å²) in [6.45, 7) is 3.38. The summed E-state index contributed by atoms with van der Waals surface area (Å²) in [5, 5.41) is 8.22. The topological polar surface area (TPSA) is 80.4 Å². The minimum Gasteiger partial charge on any atom is -0.481 e. The number of nitrogens with two attached hydrogens (primary N) is 1. The molecule has 0 bridgehead atoms. The predicted molar refractivity (Wildman–Crippen MR) is 39.8 cm³/mol. The lowest BCUT2D eigenvalue weighted by Crippen LogP contribution is -2.13. The quantitative estimate of drug-likeness (QED) is 0.562. The number of carbonyl (C=O) groups is 2. The van der Waals surface area contributed by atoms with Crippen molar-refractivity contribution in [1.29, 1.82) is 0 Å². The van der Waals surface area contributed by atoms with Crippen LogP contribution in [0.15, 0.2) is 12.2 Å². The Labute approximate surface area is 64.7 Å². The van der Waals surface area contributed by atoms with Crippen LogP contribution in [-0.4, -0.2) is 17.0 Å². The molecule has 0 rings (SSSR count). The Bertz CT molecular complexity index is 186. The predicted octanol–water partition coefficient (Wildman–Crippen LogP) is 0.283. The van der Waals surface area contributed by atoms with Crippen molar-refractivity contribution in [1.82, 2.24) is 0 Å². The molecule has 3 N–H and O–H groups in total. The van der Waals surface area contributed by atoms with E-state index in [1.807, 2.05) is 0 Å². The Morgan fingerprint density at radius 2 is 1.91 bits per heavy atom. The van der Waals surface area contributed by atoms with Gasteiger partial charge in [-0.3, -0.25) is 9.59 Å². The second-order valence-electron chi connectivity index (χ2n) is 2.22. The van der Waals surface area contributed by atoms with Gasteiger partial charge in [-0.15, -0.1) is 0 Å². The minimum atomic E-state index is -0.873. The van der Waals surface area contributed by atoms with Crippen LogP contribution in [0.4, 0.5) is 0 Å². The highest BCUT2D eigenvalue weighted by molar-refractivity contribution is 5.91. The zero-order valence-corrected chi connectivity index (χ0v) is 6.17. The summed E-state index contributed by atoms with van der Waals surface area (Å²) in [7, 11) is 0. The van der Waals surface area contributed by atoms with Crippen molar-refractivity contribution < 1.29 is 14.7 Å². The molecular weight excluding hydrogens is 146 g/mol. The molecule has 0 atom stereocenters. The summed E-state index contributed by atoms with van der Waals surface area (Å²) >= 11 is 0. The number of rotatable bonds is 5. The van der Waals surface area contributed by atoms with Gasteiger partial charge in [0.05, 0.1) is 0 Å². The van der Waals surface area contributed by atoms with Crippen molar-refractivity contribution in [2.75, 3.05) is 0 Å². The highest BCUT2D eigenvalue weighted by atomic mass is 16.4. The van der Waals surface area contributed by atoms with E-state index in [0.29, 0.717) is 12.8 Å². The molecular formula is C7H11NO3. The number of aliphatic carboxylic acids is 1. The van der Waals surface area contributed by atoms with E-state index < -0.39 is 11.9 Å². The maximum atomic E-state index is 10.4. The summed E-state index contributed by atoms with van der Waals surface area (Å²) in [6.07, 6.45) is 0.824. The van der Waals surface area contributed by atoms with Gasteiger partial charge in [0, 0.05) is 12.0 Å². The van der Waals surface area contributed by atoms with Gasteiger partial charge in [0.2, 0.25) is 5.91 Å². The first-order valence-corrected chi connectivity index (χ1v) is 3.23. The van der Waals surface area contributed by atoms with Crippen LogP contribution >= 0.6 is 0 Å². The van der Waals surface area contributed by atoms with Crippen molar-refractivity contribution in [3.8, 4) is 0 Å². The maximum absolute atomic E-state index is 10.4. The summed E-state index contributed by atoms with van der Waals surface area (Å²) in [5.74, 6) is -1.43. The molecule has 0 unspecified atom stereocenters. The van der Waals surface area contributed by atoms with Gasteiger partial charge in [0.15, 0.2) is 0 Å².